The molecular weight excluding hydrogens is 411 g/mol. The second-order valence-electron chi connectivity index (χ2n) is 8.95. The van der Waals surface area contributed by atoms with Crippen molar-refractivity contribution in [1.82, 2.24) is 0 Å². The predicted molar refractivity (Wildman–Crippen MR) is 123 cm³/mol. The van der Waals surface area contributed by atoms with Gasteiger partial charge in [0.2, 0.25) is 0 Å². The molecule has 2 heteroatoms. The molecular formula is C27H37FeP+2. The molecule has 0 unspecified atom stereocenters. The molecule has 0 nitrogen and oxygen atoms in total. The van der Waals surface area contributed by atoms with E-state index >= 15 is 0 Å². The summed E-state index contributed by atoms with van der Waals surface area (Å²) in [4.78, 5) is 0. The summed E-state index contributed by atoms with van der Waals surface area (Å²) in [5, 5.41) is 0. The fraction of sp³-hybridized carbons (Fsp3) is 0.556. The molecule has 4 aliphatic carbocycles. The van der Waals surface area contributed by atoms with Crippen molar-refractivity contribution in [2.45, 2.75) is 94.8 Å². The summed E-state index contributed by atoms with van der Waals surface area (Å²) >= 11 is 0. The Kier molecular flexibility index (Phi) is 11.1. The summed E-state index contributed by atoms with van der Waals surface area (Å²) in [5.41, 5.74) is 3.75. The fourth-order valence-corrected chi connectivity index (χ4v) is 9.36. The second-order valence-corrected chi connectivity index (χ2v) is 11.7. The van der Waals surface area contributed by atoms with Crippen molar-refractivity contribution in [3.63, 3.8) is 0 Å². The SMILES string of the molecule is [CH]1[CH][CH][C](CCC/C=C\[C]2[CH][CH][CH][C]2P(C2CCCCC2)C2CCCCC2)[CH]1.[Fe+2]. The van der Waals surface area contributed by atoms with Gasteiger partial charge < -0.3 is 0 Å². The Bertz CT molecular complexity index is 439. The summed E-state index contributed by atoms with van der Waals surface area (Å²) in [5.74, 6) is 3.04. The first-order valence-corrected chi connectivity index (χ1v) is 13.3. The van der Waals surface area contributed by atoms with E-state index in [4.69, 9.17) is 0 Å². The minimum absolute atomic E-state index is 0. The molecule has 0 aromatic rings. The van der Waals surface area contributed by atoms with Crippen molar-refractivity contribution >= 4 is 7.92 Å². The number of hydrogen-bond donors (Lipinski definition) is 0. The van der Waals surface area contributed by atoms with Gasteiger partial charge in [0, 0.05) is 11.6 Å². The molecule has 156 valence electrons. The van der Waals surface area contributed by atoms with Crippen molar-refractivity contribution in [1.29, 1.82) is 0 Å². The molecule has 10 radical (unpaired) electrons. The van der Waals surface area contributed by atoms with Gasteiger partial charge in [-0.2, -0.15) is 0 Å². The van der Waals surface area contributed by atoms with Gasteiger partial charge in [-0.1, -0.05) is 58.6 Å². The van der Waals surface area contributed by atoms with E-state index in [1.54, 1.807) is 11.6 Å². The first kappa shape index (κ1) is 24.3. The number of rotatable bonds is 8. The van der Waals surface area contributed by atoms with E-state index < -0.39 is 0 Å². The number of hydrogen-bond acceptors (Lipinski definition) is 0. The van der Waals surface area contributed by atoms with E-state index in [0.717, 1.165) is 11.3 Å². The fourth-order valence-electron chi connectivity index (χ4n) is 5.43. The average Bonchev–Trinajstić information content (AvgIpc) is 3.42. The molecule has 4 fully saturated rings. The van der Waals surface area contributed by atoms with Crippen LogP contribution in [0.1, 0.15) is 83.5 Å². The zero-order valence-electron chi connectivity index (χ0n) is 17.8. The summed E-state index contributed by atoms with van der Waals surface area (Å²) in [6, 6.07) is 0. The molecule has 4 rings (SSSR count). The van der Waals surface area contributed by atoms with Gasteiger partial charge in [0.25, 0.3) is 0 Å². The molecule has 0 atom stereocenters. The first-order chi connectivity index (χ1) is 13.9. The van der Waals surface area contributed by atoms with Gasteiger partial charge in [-0.25, -0.2) is 0 Å². The Hall–Kier alpha value is 0.689. The van der Waals surface area contributed by atoms with Crippen LogP contribution in [-0.4, -0.2) is 11.3 Å². The van der Waals surface area contributed by atoms with Crippen LogP contribution in [0.5, 0.6) is 0 Å². The molecule has 0 aromatic carbocycles. The van der Waals surface area contributed by atoms with E-state index in [1.165, 1.54) is 89.4 Å². The van der Waals surface area contributed by atoms with E-state index in [-0.39, 0.29) is 25.0 Å². The first-order valence-electron chi connectivity index (χ1n) is 11.8. The van der Waals surface area contributed by atoms with Crippen molar-refractivity contribution < 1.29 is 17.1 Å². The van der Waals surface area contributed by atoms with Crippen molar-refractivity contribution in [3.8, 4) is 0 Å². The Morgan fingerprint density at radius 2 is 1.38 bits per heavy atom. The summed E-state index contributed by atoms with van der Waals surface area (Å²) < 4.78 is 0. The van der Waals surface area contributed by atoms with Crippen LogP contribution in [0.25, 0.3) is 0 Å². The standard InChI is InChI=1S/C27H37P.Fe/c1(4-13-23-14-10-11-15-23)5-16-24-17-12-22-27(24)28(25-18-6-2-7-19-25)26-20-8-3-9-21-26;/h5,10-12,14-17,22,25-26H,1-4,6-9,13,18-21H2;/q;+2/b16-5-;. The molecule has 0 spiro atoms. The average molecular weight is 448 g/mol. The van der Waals surface area contributed by atoms with Gasteiger partial charge in [-0.05, 0) is 107 Å². The molecule has 0 heterocycles. The van der Waals surface area contributed by atoms with E-state index in [0.29, 0.717) is 0 Å². The van der Waals surface area contributed by atoms with Crippen LogP contribution in [0.15, 0.2) is 12.2 Å². The molecule has 0 bridgehead atoms. The molecule has 29 heavy (non-hydrogen) atoms. The van der Waals surface area contributed by atoms with E-state index in [1.807, 2.05) is 0 Å². The van der Waals surface area contributed by atoms with Crippen LogP contribution in [-0.2, 0) is 17.1 Å². The van der Waals surface area contributed by atoms with Gasteiger partial charge in [-0.15, -0.1) is 0 Å². The van der Waals surface area contributed by atoms with Gasteiger partial charge in [0.05, 0.1) is 0 Å². The second kappa shape index (κ2) is 13.3. The third-order valence-electron chi connectivity index (χ3n) is 6.91. The molecule has 0 N–H and O–H groups in total. The molecule has 0 amide bonds. The third-order valence-corrected chi connectivity index (χ3v) is 10.5. The molecule has 0 aromatic heterocycles. The maximum Gasteiger partial charge on any atom is 2.00 e. The Balaban J connectivity index is 0.00000240. The topological polar surface area (TPSA) is 0 Å². The monoisotopic (exact) mass is 448 g/mol. The van der Waals surface area contributed by atoms with Crippen LogP contribution in [0, 0.1) is 62.4 Å². The summed E-state index contributed by atoms with van der Waals surface area (Å²) in [7, 11) is 0.0188. The van der Waals surface area contributed by atoms with Crippen molar-refractivity contribution in [3.05, 3.63) is 74.6 Å². The Morgan fingerprint density at radius 3 is 2.00 bits per heavy atom. The number of allylic oxidation sites excluding steroid dienone is 2. The largest absolute Gasteiger partial charge is 2.00 e. The molecule has 4 aliphatic rings. The van der Waals surface area contributed by atoms with Gasteiger partial charge in [-0.3, -0.25) is 0 Å². The van der Waals surface area contributed by atoms with Crippen LogP contribution in [0.4, 0.5) is 0 Å². The van der Waals surface area contributed by atoms with Crippen molar-refractivity contribution in [2.75, 3.05) is 0 Å². The van der Waals surface area contributed by atoms with Crippen LogP contribution >= 0.6 is 7.92 Å². The zero-order chi connectivity index (χ0) is 19.0. The predicted octanol–water partition coefficient (Wildman–Crippen LogP) is 8.00. The third kappa shape index (κ3) is 7.09. The quantitative estimate of drug-likeness (QED) is 0.201. The maximum absolute atomic E-state index is 2.50. The normalized spacial score (nSPS) is 26.7. The van der Waals surface area contributed by atoms with Crippen LogP contribution < -0.4 is 0 Å². The van der Waals surface area contributed by atoms with E-state index in [2.05, 4.69) is 57.1 Å². The van der Waals surface area contributed by atoms with Crippen molar-refractivity contribution in [2.24, 2.45) is 0 Å². The van der Waals surface area contributed by atoms with Gasteiger partial charge >= 0.3 is 17.1 Å². The van der Waals surface area contributed by atoms with Crippen LogP contribution in [0.3, 0.4) is 0 Å². The zero-order valence-corrected chi connectivity index (χ0v) is 19.8. The maximum atomic E-state index is 2.50. The smallest absolute Gasteiger partial charge is 0.0918 e. The van der Waals surface area contributed by atoms with Crippen LogP contribution in [0.2, 0.25) is 0 Å². The summed E-state index contributed by atoms with van der Waals surface area (Å²) in [6.45, 7) is 0. The molecule has 0 saturated heterocycles. The number of unbranched alkanes of at least 4 members (excludes halogenated alkanes) is 1. The van der Waals surface area contributed by atoms with Gasteiger partial charge in [0.1, 0.15) is 0 Å². The minimum Gasteiger partial charge on any atom is -0.0918 e. The Labute approximate surface area is 194 Å². The molecule has 4 saturated carbocycles. The Morgan fingerprint density at radius 1 is 0.759 bits per heavy atom. The van der Waals surface area contributed by atoms with Gasteiger partial charge in [0.15, 0.2) is 0 Å². The summed E-state index contributed by atoms with van der Waals surface area (Å²) in [6.07, 6.45) is 39.4. The molecule has 0 aliphatic heterocycles. The van der Waals surface area contributed by atoms with E-state index in [9.17, 15) is 0 Å². The minimum atomic E-state index is 0.